The van der Waals surface area contributed by atoms with Gasteiger partial charge in [-0.1, -0.05) is 6.92 Å². The summed E-state index contributed by atoms with van der Waals surface area (Å²) in [7, 11) is 0. The van der Waals surface area contributed by atoms with E-state index in [2.05, 4.69) is 18.0 Å². The number of hydrogen-bond acceptors (Lipinski definition) is 1. The molecule has 1 aromatic heterocycles. The molecule has 1 N–H and O–H groups in total. The Bertz CT molecular complexity index is 318. The summed E-state index contributed by atoms with van der Waals surface area (Å²) in [5, 5.41) is 0. The topological polar surface area (TPSA) is 36.1 Å². The highest BCUT2D eigenvalue weighted by molar-refractivity contribution is 5.76. The van der Waals surface area contributed by atoms with E-state index in [9.17, 15) is 4.79 Å². The van der Waals surface area contributed by atoms with Gasteiger partial charge in [-0.2, -0.15) is 0 Å². The van der Waals surface area contributed by atoms with Crippen molar-refractivity contribution in [1.29, 1.82) is 0 Å². The van der Waals surface area contributed by atoms with Crippen LogP contribution < -0.4 is 0 Å². The lowest BCUT2D eigenvalue weighted by atomic mass is 10.1. The van der Waals surface area contributed by atoms with Gasteiger partial charge in [0.2, 0.25) is 5.91 Å². The molecule has 1 fully saturated rings. The number of carbonyl (C=O) groups excluding carboxylic acids is 1. The molecule has 0 aromatic carbocycles. The van der Waals surface area contributed by atoms with Crippen molar-refractivity contribution in [2.24, 2.45) is 0 Å². The van der Waals surface area contributed by atoms with E-state index < -0.39 is 0 Å². The average molecular weight is 206 g/mol. The van der Waals surface area contributed by atoms with Gasteiger partial charge in [-0.15, -0.1) is 0 Å². The number of amides is 1. The van der Waals surface area contributed by atoms with Gasteiger partial charge in [-0.05, 0) is 31.4 Å². The molecule has 1 aliphatic rings. The average Bonchev–Trinajstić information content (AvgIpc) is 2.88. The molecule has 1 unspecified atom stereocenters. The molecule has 82 valence electrons. The molecule has 1 amide bonds. The molecule has 1 aromatic rings. The normalized spacial score (nSPS) is 20.9. The molecule has 0 radical (unpaired) electrons. The molecule has 2 heterocycles. The molecule has 0 bridgehead atoms. The van der Waals surface area contributed by atoms with Gasteiger partial charge >= 0.3 is 0 Å². The maximum atomic E-state index is 11.9. The third kappa shape index (κ3) is 2.06. The van der Waals surface area contributed by atoms with Gasteiger partial charge < -0.3 is 9.88 Å². The monoisotopic (exact) mass is 206 g/mol. The van der Waals surface area contributed by atoms with Crippen LogP contribution in [0.15, 0.2) is 18.3 Å². The summed E-state index contributed by atoms with van der Waals surface area (Å²) in [5.41, 5.74) is 1.18. The van der Waals surface area contributed by atoms with Crippen molar-refractivity contribution >= 4 is 5.91 Å². The van der Waals surface area contributed by atoms with E-state index in [-0.39, 0.29) is 0 Å². The van der Waals surface area contributed by atoms with Crippen molar-refractivity contribution in [2.75, 3.05) is 6.54 Å². The first-order valence-electron chi connectivity index (χ1n) is 5.75. The van der Waals surface area contributed by atoms with Crippen LogP contribution in [-0.4, -0.2) is 22.3 Å². The van der Waals surface area contributed by atoms with Gasteiger partial charge in [0.25, 0.3) is 0 Å². The zero-order chi connectivity index (χ0) is 10.7. The Labute approximate surface area is 90.5 Å². The standard InChI is InChI=1S/C12H18N2O/c1-2-5-12(15)14-9-4-7-11(14)10-6-3-8-13-10/h3,6,8,11,13H,2,4-5,7,9H2,1H3. The van der Waals surface area contributed by atoms with Gasteiger partial charge in [-0.25, -0.2) is 0 Å². The van der Waals surface area contributed by atoms with Crippen LogP contribution in [0.3, 0.4) is 0 Å². The number of aromatic amines is 1. The van der Waals surface area contributed by atoms with Crippen LogP contribution in [0.1, 0.15) is 44.3 Å². The third-order valence-electron chi connectivity index (χ3n) is 3.02. The van der Waals surface area contributed by atoms with Crippen molar-refractivity contribution < 1.29 is 4.79 Å². The lowest BCUT2D eigenvalue weighted by Gasteiger charge is -2.23. The highest BCUT2D eigenvalue weighted by Gasteiger charge is 2.29. The van der Waals surface area contributed by atoms with Crippen molar-refractivity contribution in [3.05, 3.63) is 24.0 Å². The fourth-order valence-corrected chi connectivity index (χ4v) is 2.30. The Kier molecular flexibility index (Phi) is 3.09. The molecule has 0 aliphatic carbocycles. The van der Waals surface area contributed by atoms with E-state index in [0.717, 1.165) is 25.8 Å². The number of hydrogen-bond donors (Lipinski definition) is 1. The molecule has 0 saturated carbocycles. The zero-order valence-electron chi connectivity index (χ0n) is 9.20. The predicted octanol–water partition coefficient (Wildman–Crippen LogP) is 2.48. The summed E-state index contributed by atoms with van der Waals surface area (Å²) in [6.07, 6.45) is 5.76. The number of rotatable bonds is 3. The summed E-state index contributed by atoms with van der Waals surface area (Å²) in [5.74, 6) is 0.301. The molecule has 1 atom stereocenters. The molecule has 1 saturated heterocycles. The Morgan fingerprint density at radius 3 is 3.20 bits per heavy atom. The summed E-state index contributed by atoms with van der Waals surface area (Å²) in [6.45, 7) is 2.97. The van der Waals surface area contributed by atoms with Crippen molar-refractivity contribution in [3.63, 3.8) is 0 Å². The molecule has 3 heteroatoms. The van der Waals surface area contributed by atoms with E-state index in [4.69, 9.17) is 0 Å². The van der Waals surface area contributed by atoms with Crippen LogP contribution >= 0.6 is 0 Å². The Morgan fingerprint density at radius 1 is 1.67 bits per heavy atom. The second kappa shape index (κ2) is 4.51. The summed E-state index contributed by atoms with van der Waals surface area (Å²) >= 11 is 0. The van der Waals surface area contributed by atoms with Crippen LogP contribution in [0, 0.1) is 0 Å². The fourth-order valence-electron chi connectivity index (χ4n) is 2.30. The van der Waals surface area contributed by atoms with Crippen LogP contribution in [-0.2, 0) is 4.79 Å². The SMILES string of the molecule is CCCC(=O)N1CCCC1c1ccc[nH]1. The molecule has 2 rings (SSSR count). The lowest BCUT2D eigenvalue weighted by molar-refractivity contribution is -0.132. The van der Waals surface area contributed by atoms with Gasteiger partial charge in [0, 0.05) is 24.9 Å². The van der Waals surface area contributed by atoms with Crippen LogP contribution in [0.4, 0.5) is 0 Å². The smallest absolute Gasteiger partial charge is 0.223 e. The Morgan fingerprint density at radius 2 is 2.53 bits per heavy atom. The number of likely N-dealkylation sites (tertiary alicyclic amines) is 1. The number of carbonyl (C=O) groups is 1. The molecule has 15 heavy (non-hydrogen) atoms. The van der Waals surface area contributed by atoms with E-state index in [1.807, 2.05) is 17.2 Å². The van der Waals surface area contributed by atoms with Crippen LogP contribution in [0.2, 0.25) is 0 Å². The van der Waals surface area contributed by atoms with E-state index in [1.165, 1.54) is 5.69 Å². The largest absolute Gasteiger partial charge is 0.363 e. The Hall–Kier alpha value is -1.25. The highest BCUT2D eigenvalue weighted by Crippen LogP contribution is 2.31. The first-order chi connectivity index (χ1) is 7.33. The molecular weight excluding hydrogens is 188 g/mol. The quantitative estimate of drug-likeness (QED) is 0.810. The molecular formula is C12H18N2O. The second-order valence-corrected chi connectivity index (χ2v) is 4.12. The zero-order valence-corrected chi connectivity index (χ0v) is 9.20. The molecule has 1 aliphatic heterocycles. The predicted molar refractivity (Wildman–Crippen MR) is 59.4 cm³/mol. The van der Waals surface area contributed by atoms with Gasteiger partial charge in [0.05, 0.1) is 6.04 Å². The van der Waals surface area contributed by atoms with E-state index in [1.54, 1.807) is 0 Å². The maximum Gasteiger partial charge on any atom is 0.223 e. The van der Waals surface area contributed by atoms with Crippen LogP contribution in [0.25, 0.3) is 0 Å². The first-order valence-corrected chi connectivity index (χ1v) is 5.75. The second-order valence-electron chi connectivity index (χ2n) is 4.12. The number of H-pyrrole nitrogens is 1. The fraction of sp³-hybridized carbons (Fsp3) is 0.583. The van der Waals surface area contributed by atoms with Gasteiger partial charge in [0.1, 0.15) is 0 Å². The first kappa shape index (κ1) is 10.3. The molecule has 3 nitrogen and oxygen atoms in total. The third-order valence-corrected chi connectivity index (χ3v) is 3.02. The van der Waals surface area contributed by atoms with E-state index >= 15 is 0 Å². The number of aromatic nitrogens is 1. The maximum absolute atomic E-state index is 11.9. The minimum absolute atomic E-state index is 0.291. The highest BCUT2D eigenvalue weighted by atomic mass is 16.2. The van der Waals surface area contributed by atoms with Gasteiger partial charge in [-0.3, -0.25) is 4.79 Å². The summed E-state index contributed by atoms with van der Waals surface area (Å²) < 4.78 is 0. The lowest BCUT2D eigenvalue weighted by Crippen LogP contribution is -2.30. The van der Waals surface area contributed by atoms with Gasteiger partial charge in [0.15, 0.2) is 0 Å². The minimum Gasteiger partial charge on any atom is -0.363 e. The van der Waals surface area contributed by atoms with E-state index in [0.29, 0.717) is 18.4 Å². The molecule has 0 spiro atoms. The summed E-state index contributed by atoms with van der Waals surface area (Å²) in [4.78, 5) is 17.1. The van der Waals surface area contributed by atoms with Crippen molar-refractivity contribution in [3.8, 4) is 0 Å². The minimum atomic E-state index is 0.291. The van der Waals surface area contributed by atoms with Crippen LogP contribution in [0.5, 0.6) is 0 Å². The summed E-state index contributed by atoms with van der Waals surface area (Å²) in [6, 6.07) is 4.36. The number of nitrogens with one attached hydrogen (secondary N) is 1. The van der Waals surface area contributed by atoms with Crippen molar-refractivity contribution in [2.45, 2.75) is 38.6 Å². The number of nitrogens with zero attached hydrogens (tertiary/aromatic N) is 1. The Balaban J connectivity index is 2.08. The van der Waals surface area contributed by atoms with Crippen molar-refractivity contribution in [1.82, 2.24) is 9.88 Å².